The van der Waals surface area contributed by atoms with Crippen LogP contribution in [-0.4, -0.2) is 27.2 Å². The molecular weight excluding hydrogens is 353 g/mol. The molecule has 2 heterocycles. The average Bonchev–Trinajstić information content (AvgIpc) is 2.57. The van der Waals surface area contributed by atoms with E-state index in [1.807, 2.05) is 0 Å². The van der Waals surface area contributed by atoms with Crippen molar-refractivity contribution in [2.75, 3.05) is 6.61 Å². The van der Waals surface area contributed by atoms with Crippen LogP contribution in [0.15, 0.2) is 35.3 Å². The van der Waals surface area contributed by atoms with Crippen molar-refractivity contribution >= 4 is 17.0 Å². The first-order chi connectivity index (χ1) is 12.3. The minimum atomic E-state index is -1.58. The van der Waals surface area contributed by atoms with E-state index in [0.29, 0.717) is 6.07 Å². The number of ether oxygens (including phenoxy) is 1. The van der Waals surface area contributed by atoms with Crippen LogP contribution in [0.1, 0.15) is 17.3 Å². The Balaban J connectivity index is 2.46. The molecule has 0 fully saturated rings. The Bertz CT molecular complexity index is 1100. The number of pyridine rings is 2. The second-order valence-corrected chi connectivity index (χ2v) is 5.22. The number of fused-ring (bicyclic) bond motifs is 1. The molecule has 0 atom stereocenters. The molecule has 134 valence electrons. The Morgan fingerprint density at radius 3 is 2.58 bits per heavy atom. The highest BCUT2D eigenvalue weighted by molar-refractivity contribution is 5.92. The molecule has 3 aromatic rings. The van der Waals surface area contributed by atoms with Crippen molar-refractivity contribution in [1.29, 1.82) is 0 Å². The van der Waals surface area contributed by atoms with Gasteiger partial charge in [-0.25, -0.2) is 18.0 Å². The van der Waals surface area contributed by atoms with Crippen LogP contribution in [0.4, 0.5) is 13.2 Å². The molecule has 0 unspecified atom stereocenters. The molecule has 0 amide bonds. The summed E-state index contributed by atoms with van der Waals surface area (Å²) in [6.45, 7) is 1.67. The summed E-state index contributed by atoms with van der Waals surface area (Å²) in [6, 6.07) is 3.37. The van der Waals surface area contributed by atoms with E-state index in [0.717, 1.165) is 29.0 Å². The van der Waals surface area contributed by atoms with Crippen LogP contribution in [0.5, 0.6) is 5.88 Å². The monoisotopic (exact) mass is 364 g/mol. The van der Waals surface area contributed by atoms with Gasteiger partial charge in [0.05, 0.1) is 17.7 Å². The molecule has 6 nitrogen and oxygen atoms in total. The van der Waals surface area contributed by atoms with Gasteiger partial charge in [0.1, 0.15) is 17.2 Å². The normalized spacial score (nSPS) is 10.9. The van der Waals surface area contributed by atoms with Gasteiger partial charge in [0.25, 0.3) is 5.88 Å². The first-order valence-electron chi connectivity index (χ1n) is 7.41. The van der Waals surface area contributed by atoms with E-state index < -0.39 is 40.3 Å². The summed E-state index contributed by atoms with van der Waals surface area (Å²) in [4.78, 5) is 27.5. The second kappa shape index (κ2) is 6.51. The minimum Gasteiger partial charge on any atom is -0.477 e. The number of halogens is 3. The third-order valence-electron chi connectivity index (χ3n) is 3.58. The van der Waals surface area contributed by atoms with Crippen molar-refractivity contribution in [1.82, 2.24) is 9.55 Å². The number of carboxylic acids is 1. The second-order valence-electron chi connectivity index (χ2n) is 5.22. The molecule has 0 saturated heterocycles. The molecule has 0 aliphatic heterocycles. The van der Waals surface area contributed by atoms with Gasteiger partial charge in [-0.2, -0.15) is 4.98 Å². The fourth-order valence-electron chi connectivity index (χ4n) is 2.46. The van der Waals surface area contributed by atoms with Crippen molar-refractivity contribution in [2.24, 2.45) is 0 Å². The molecule has 0 radical (unpaired) electrons. The number of hydrogen-bond acceptors (Lipinski definition) is 4. The standard InChI is InChI=1S/C17H11F3N2O4/c1-2-26-16-12(20)6-9-14(23)10(17(24)25)7-22(15(9)21-16)13-4-3-8(18)5-11(13)19/h3-7H,2H2,1H3,(H,24,25). The highest BCUT2D eigenvalue weighted by atomic mass is 19.1. The van der Waals surface area contributed by atoms with Crippen LogP contribution >= 0.6 is 0 Å². The van der Waals surface area contributed by atoms with Crippen LogP contribution in [0.3, 0.4) is 0 Å². The highest BCUT2D eigenvalue weighted by Crippen LogP contribution is 2.24. The minimum absolute atomic E-state index is 0.0811. The van der Waals surface area contributed by atoms with Crippen molar-refractivity contribution in [3.8, 4) is 11.6 Å². The summed E-state index contributed by atoms with van der Waals surface area (Å²) in [5.41, 5.74) is -2.19. The summed E-state index contributed by atoms with van der Waals surface area (Å²) in [5.74, 6) is -4.84. The number of carboxylic acid groups (broad SMARTS) is 1. The average molecular weight is 364 g/mol. The van der Waals surface area contributed by atoms with Gasteiger partial charge < -0.3 is 9.84 Å². The van der Waals surface area contributed by atoms with Gasteiger partial charge in [-0.3, -0.25) is 9.36 Å². The summed E-state index contributed by atoms with van der Waals surface area (Å²) in [7, 11) is 0. The summed E-state index contributed by atoms with van der Waals surface area (Å²) in [6.07, 6.45) is 0.851. The summed E-state index contributed by atoms with van der Waals surface area (Å²) >= 11 is 0. The maximum absolute atomic E-state index is 14.2. The van der Waals surface area contributed by atoms with E-state index in [1.165, 1.54) is 0 Å². The van der Waals surface area contributed by atoms with Gasteiger partial charge in [0, 0.05) is 12.3 Å². The fourth-order valence-corrected chi connectivity index (χ4v) is 2.46. The van der Waals surface area contributed by atoms with Gasteiger partial charge in [0.15, 0.2) is 11.5 Å². The van der Waals surface area contributed by atoms with E-state index in [2.05, 4.69) is 4.98 Å². The fraction of sp³-hybridized carbons (Fsp3) is 0.118. The first-order valence-corrected chi connectivity index (χ1v) is 7.41. The molecule has 2 aromatic heterocycles. The van der Waals surface area contributed by atoms with Crippen LogP contribution < -0.4 is 10.2 Å². The Labute approximate surface area is 144 Å². The number of benzene rings is 1. The zero-order chi connectivity index (χ0) is 19.0. The van der Waals surface area contributed by atoms with Gasteiger partial charge >= 0.3 is 5.97 Å². The van der Waals surface area contributed by atoms with Crippen LogP contribution in [0, 0.1) is 17.5 Å². The first kappa shape index (κ1) is 17.5. The zero-order valence-electron chi connectivity index (χ0n) is 13.3. The quantitative estimate of drug-likeness (QED) is 0.770. The number of aromatic carboxylic acids is 1. The van der Waals surface area contributed by atoms with Gasteiger partial charge in [0.2, 0.25) is 5.43 Å². The van der Waals surface area contributed by atoms with E-state index >= 15 is 0 Å². The third kappa shape index (κ3) is 2.87. The van der Waals surface area contributed by atoms with Crippen LogP contribution in [0.2, 0.25) is 0 Å². The zero-order valence-corrected chi connectivity index (χ0v) is 13.3. The maximum atomic E-state index is 14.2. The van der Waals surface area contributed by atoms with E-state index in [4.69, 9.17) is 4.74 Å². The van der Waals surface area contributed by atoms with E-state index in [9.17, 15) is 27.9 Å². The molecule has 0 bridgehead atoms. The molecular formula is C17H11F3N2O4. The predicted molar refractivity (Wildman–Crippen MR) is 85.3 cm³/mol. The number of aromatic nitrogens is 2. The Kier molecular flexibility index (Phi) is 4.37. The lowest BCUT2D eigenvalue weighted by atomic mass is 10.1. The van der Waals surface area contributed by atoms with E-state index in [-0.39, 0.29) is 23.3 Å². The topological polar surface area (TPSA) is 81.4 Å². The lowest BCUT2D eigenvalue weighted by Gasteiger charge is -2.14. The SMILES string of the molecule is CCOc1nc2c(cc1F)c(=O)c(C(=O)O)cn2-c1ccc(F)cc1F. The molecule has 1 aromatic carbocycles. The number of hydrogen-bond donors (Lipinski definition) is 1. The molecule has 1 N–H and O–H groups in total. The van der Waals surface area contributed by atoms with Crippen LogP contribution in [0.25, 0.3) is 16.7 Å². The molecule has 3 rings (SSSR count). The molecule has 9 heteroatoms. The predicted octanol–water partition coefficient (Wildman–Crippen LogP) is 2.90. The lowest BCUT2D eigenvalue weighted by molar-refractivity contribution is 0.0695. The summed E-state index contributed by atoms with van der Waals surface area (Å²) in [5, 5.41) is 8.83. The van der Waals surface area contributed by atoms with Gasteiger partial charge in [-0.1, -0.05) is 0 Å². The molecule has 26 heavy (non-hydrogen) atoms. The van der Waals surface area contributed by atoms with Gasteiger partial charge in [-0.05, 0) is 25.1 Å². The molecule has 0 aliphatic rings. The number of nitrogens with zero attached hydrogens (tertiary/aromatic N) is 2. The number of rotatable bonds is 4. The number of carbonyl (C=O) groups is 1. The van der Waals surface area contributed by atoms with Crippen molar-refractivity contribution < 1.29 is 27.8 Å². The maximum Gasteiger partial charge on any atom is 0.341 e. The van der Waals surface area contributed by atoms with Crippen molar-refractivity contribution in [3.63, 3.8) is 0 Å². The highest BCUT2D eigenvalue weighted by Gasteiger charge is 2.20. The Hall–Kier alpha value is -3.36. The molecule has 0 spiro atoms. The third-order valence-corrected chi connectivity index (χ3v) is 3.58. The van der Waals surface area contributed by atoms with Crippen molar-refractivity contribution in [2.45, 2.75) is 6.92 Å². The van der Waals surface area contributed by atoms with E-state index in [1.54, 1.807) is 6.92 Å². The lowest BCUT2D eigenvalue weighted by Crippen LogP contribution is -2.20. The Morgan fingerprint density at radius 2 is 1.96 bits per heavy atom. The largest absolute Gasteiger partial charge is 0.477 e. The molecule has 0 aliphatic carbocycles. The smallest absolute Gasteiger partial charge is 0.341 e. The van der Waals surface area contributed by atoms with Crippen molar-refractivity contribution in [3.05, 3.63) is 63.7 Å². The summed E-state index contributed by atoms with van der Waals surface area (Å²) < 4.78 is 47.4. The van der Waals surface area contributed by atoms with Gasteiger partial charge in [-0.15, -0.1) is 0 Å². The Morgan fingerprint density at radius 1 is 1.23 bits per heavy atom. The molecule has 0 saturated carbocycles. The van der Waals surface area contributed by atoms with Crippen LogP contribution in [-0.2, 0) is 0 Å².